The molecular weight excluding hydrogens is 814 g/mol. The lowest BCUT2D eigenvalue weighted by molar-refractivity contribution is -0.147. The van der Waals surface area contributed by atoms with Crippen molar-refractivity contribution in [3.63, 3.8) is 0 Å². The minimum atomic E-state index is -2.74. The Hall–Kier alpha value is -5.68. The Morgan fingerprint density at radius 2 is 1.55 bits per heavy atom. The molecule has 3 atom stereocenters. The quantitative estimate of drug-likeness (QED) is 0.182. The van der Waals surface area contributed by atoms with Gasteiger partial charge in [0.15, 0.2) is 0 Å². The maximum Gasteiger partial charge on any atom is 0.264 e. The molecule has 1 unspecified atom stereocenters. The summed E-state index contributed by atoms with van der Waals surface area (Å²) >= 11 is 0. The number of hydrogen-bond acceptors (Lipinski definition) is 8. The number of amides is 5. The van der Waals surface area contributed by atoms with Crippen LogP contribution in [0.4, 0.5) is 27.6 Å². The fraction of sp³-hybridized carbons (Fsp3) is 0.444. The number of para-hydroxylation sites is 1. The second kappa shape index (κ2) is 15.0. The molecule has 2 N–H and O–H groups in total. The molecule has 0 spiro atoms. The van der Waals surface area contributed by atoms with Gasteiger partial charge in [0.1, 0.15) is 17.7 Å². The van der Waals surface area contributed by atoms with Gasteiger partial charge < -0.3 is 14.8 Å². The molecule has 7 heterocycles. The molecular formula is C45H44F5N7O5. The smallest absolute Gasteiger partial charge is 0.264 e. The number of fused-ring (bicyclic) bond motifs is 5. The van der Waals surface area contributed by atoms with Gasteiger partial charge in [-0.2, -0.15) is 0 Å². The molecule has 0 radical (unpaired) electrons. The first-order valence-electron chi connectivity index (χ1n) is 21.1. The van der Waals surface area contributed by atoms with Crippen molar-refractivity contribution in [3.8, 4) is 0 Å². The van der Waals surface area contributed by atoms with E-state index in [1.54, 1.807) is 19.1 Å². The molecule has 4 aromatic rings. The lowest BCUT2D eigenvalue weighted by Gasteiger charge is -2.47. The summed E-state index contributed by atoms with van der Waals surface area (Å²) in [6.45, 7) is 2.76. The summed E-state index contributed by atoms with van der Waals surface area (Å²) in [5, 5.41) is 3.07. The minimum absolute atomic E-state index is 0.0424. The Labute approximate surface area is 353 Å². The zero-order valence-corrected chi connectivity index (χ0v) is 33.9. The van der Waals surface area contributed by atoms with Crippen LogP contribution in [0.3, 0.4) is 0 Å². The molecule has 3 fully saturated rings. The van der Waals surface area contributed by atoms with E-state index in [0.29, 0.717) is 57.7 Å². The predicted octanol–water partition coefficient (Wildman–Crippen LogP) is 5.23. The van der Waals surface area contributed by atoms with E-state index >= 15 is 13.2 Å². The number of anilines is 1. The van der Waals surface area contributed by atoms with Crippen molar-refractivity contribution in [2.24, 2.45) is 5.92 Å². The molecule has 17 heteroatoms. The number of nitrogens with zero attached hydrogens (tertiary/aromatic N) is 5. The van der Waals surface area contributed by atoms with Gasteiger partial charge in [-0.1, -0.05) is 18.2 Å². The molecule has 6 aliphatic rings. The van der Waals surface area contributed by atoms with Gasteiger partial charge in [-0.3, -0.25) is 44.0 Å². The average molecular weight is 858 g/mol. The van der Waals surface area contributed by atoms with Crippen molar-refractivity contribution >= 4 is 46.1 Å². The first-order chi connectivity index (χ1) is 29.7. The molecule has 0 saturated carbocycles. The summed E-state index contributed by atoms with van der Waals surface area (Å²) in [4.78, 5) is 75.0. The van der Waals surface area contributed by atoms with Crippen molar-refractivity contribution < 1.29 is 45.9 Å². The number of halogens is 5. The highest BCUT2D eigenvalue weighted by Gasteiger charge is 2.53. The SMILES string of the molecule is C[C@@H]1Cc2c([nH]c3ccccc23)[C@@H](c2c(F)cc(N3CC(F)(C(=O)N4CCC(CN5Cc6cc7c(cc6C5)C(=O)N(C5CCC(=O)NC5=O)C7=O)CC4)C3)cc2F)N1CC(F)F. The van der Waals surface area contributed by atoms with Gasteiger partial charge in [0.25, 0.3) is 24.1 Å². The lowest BCUT2D eigenvalue weighted by Crippen LogP contribution is -2.67. The van der Waals surface area contributed by atoms with Gasteiger partial charge in [-0.15, -0.1) is 0 Å². The summed E-state index contributed by atoms with van der Waals surface area (Å²) in [6.07, 6.45) is -0.937. The van der Waals surface area contributed by atoms with Crippen LogP contribution in [0.5, 0.6) is 0 Å². The van der Waals surface area contributed by atoms with Crippen LogP contribution in [-0.4, -0.2) is 118 Å². The molecule has 12 nitrogen and oxygen atoms in total. The number of benzene rings is 3. The molecule has 0 aliphatic carbocycles. The summed E-state index contributed by atoms with van der Waals surface area (Å²) < 4.78 is 76.3. The van der Waals surface area contributed by atoms with Gasteiger partial charge in [0, 0.05) is 73.0 Å². The van der Waals surface area contributed by atoms with Gasteiger partial charge >= 0.3 is 0 Å². The van der Waals surface area contributed by atoms with E-state index in [1.165, 1.54) is 14.7 Å². The number of likely N-dealkylation sites (tertiary alicyclic amines) is 1. The van der Waals surface area contributed by atoms with Crippen LogP contribution in [-0.2, 0) is 33.9 Å². The van der Waals surface area contributed by atoms with Crippen LogP contribution in [0.15, 0.2) is 48.5 Å². The number of hydrogen-bond donors (Lipinski definition) is 2. The van der Waals surface area contributed by atoms with Gasteiger partial charge in [0.05, 0.1) is 36.8 Å². The number of carbonyl (C=O) groups excluding carboxylic acids is 5. The highest BCUT2D eigenvalue weighted by molar-refractivity contribution is 6.23. The highest BCUT2D eigenvalue weighted by Crippen LogP contribution is 2.44. The fourth-order valence-electron chi connectivity index (χ4n) is 10.7. The van der Waals surface area contributed by atoms with Crippen molar-refractivity contribution in [1.82, 2.24) is 29.9 Å². The number of aromatic nitrogens is 1. The Balaban J connectivity index is 0.757. The van der Waals surface area contributed by atoms with Crippen molar-refractivity contribution in [1.29, 1.82) is 0 Å². The maximum absolute atomic E-state index is 16.2. The fourth-order valence-corrected chi connectivity index (χ4v) is 10.7. The Kier molecular flexibility index (Phi) is 9.77. The predicted molar refractivity (Wildman–Crippen MR) is 215 cm³/mol. The minimum Gasteiger partial charge on any atom is -0.364 e. The third-order valence-electron chi connectivity index (χ3n) is 13.8. The standard InChI is InChI=1S/C45H44F5N7O5/c1-23-12-29-28-4-2-3-5-34(28)51-39(29)40(56(23)20-36(48)49)38-32(46)15-27(16-33(38)47)55-21-45(50,22-55)44(62)54-10-8-24(9-11-54)17-53-18-25-13-30-31(14-26(25)19-53)43(61)57(42(30)60)35-6-7-37(58)52-41(35)59/h2-5,13-16,23-24,35-36,40,51H,6-12,17-22H2,1H3,(H,52,58,59)/t23-,35?,40-/m1/s1. The van der Waals surface area contributed by atoms with E-state index in [4.69, 9.17) is 0 Å². The van der Waals surface area contributed by atoms with Gasteiger partial charge in [-0.25, -0.2) is 22.0 Å². The molecule has 3 aromatic carbocycles. The van der Waals surface area contributed by atoms with Crippen molar-refractivity contribution in [3.05, 3.63) is 99.2 Å². The van der Waals surface area contributed by atoms with E-state index < -0.39 is 77.9 Å². The molecule has 10 rings (SSSR count). The molecule has 5 amide bonds. The first-order valence-corrected chi connectivity index (χ1v) is 21.1. The zero-order valence-electron chi connectivity index (χ0n) is 33.9. The second-order valence-electron chi connectivity index (χ2n) is 17.8. The van der Waals surface area contributed by atoms with Crippen molar-refractivity contribution in [2.75, 3.05) is 44.2 Å². The van der Waals surface area contributed by atoms with Crippen molar-refractivity contribution in [2.45, 2.75) is 82.3 Å². The molecule has 1 aromatic heterocycles. The molecule has 3 saturated heterocycles. The first kappa shape index (κ1) is 40.4. The monoisotopic (exact) mass is 857 g/mol. The number of alkyl halides is 3. The number of H-pyrrole nitrogens is 1. The van der Waals surface area contributed by atoms with Crippen LogP contribution in [0, 0.1) is 17.6 Å². The lowest BCUT2D eigenvalue weighted by atomic mass is 9.87. The normalized spacial score (nSPS) is 24.2. The molecule has 62 heavy (non-hydrogen) atoms. The second-order valence-corrected chi connectivity index (χ2v) is 17.8. The maximum atomic E-state index is 16.2. The highest BCUT2D eigenvalue weighted by atomic mass is 19.3. The summed E-state index contributed by atoms with van der Waals surface area (Å²) in [7, 11) is 0. The Morgan fingerprint density at radius 3 is 2.18 bits per heavy atom. The van der Waals surface area contributed by atoms with E-state index in [9.17, 15) is 32.8 Å². The summed E-state index contributed by atoms with van der Waals surface area (Å²) in [6, 6.07) is 10.4. The van der Waals surface area contributed by atoms with E-state index in [1.807, 2.05) is 24.3 Å². The Morgan fingerprint density at radius 1 is 0.903 bits per heavy atom. The topological polar surface area (TPSA) is 129 Å². The zero-order chi connectivity index (χ0) is 43.4. The average Bonchev–Trinajstić information content (AvgIpc) is 3.87. The number of nitrogens with one attached hydrogen (secondary N) is 2. The third kappa shape index (κ3) is 6.66. The molecule has 0 bridgehead atoms. The number of piperidine rings is 2. The molecule has 6 aliphatic heterocycles. The number of aromatic amines is 1. The number of imide groups is 2. The molecule has 324 valence electrons. The van der Waals surface area contributed by atoms with Crippen LogP contribution in [0.1, 0.15) is 87.3 Å². The number of rotatable bonds is 8. The van der Waals surface area contributed by atoms with Gasteiger partial charge in [0.2, 0.25) is 17.5 Å². The van der Waals surface area contributed by atoms with E-state index in [0.717, 1.165) is 44.6 Å². The van der Waals surface area contributed by atoms with Crippen LogP contribution >= 0.6 is 0 Å². The van der Waals surface area contributed by atoms with E-state index in [2.05, 4.69) is 15.2 Å². The summed E-state index contributed by atoms with van der Waals surface area (Å²) in [5.41, 5.74) is 1.77. The Bertz CT molecular complexity index is 2500. The number of carbonyl (C=O) groups is 5. The van der Waals surface area contributed by atoms with Crippen LogP contribution in [0.2, 0.25) is 0 Å². The van der Waals surface area contributed by atoms with Crippen LogP contribution in [0.25, 0.3) is 10.9 Å². The third-order valence-corrected chi connectivity index (χ3v) is 13.8. The van der Waals surface area contributed by atoms with Gasteiger partial charge in [-0.05, 0) is 85.5 Å². The van der Waals surface area contributed by atoms with Crippen LogP contribution < -0.4 is 10.2 Å². The summed E-state index contributed by atoms with van der Waals surface area (Å²) in [5.74, 6) is -4.56. The van der Waals surface area contributed by atoms with E-state index in [-0.39, 0.29) is 54.2 Å². The largest absolute Gasteiger partial charge is 0.364 e.